The van der Waals surface area contributed by atoms with Gasteiger partial charge in [-0.25, -0.2) is 4.98 Å². The van der Waals surface area contributed by atoms with E-state index < -0.39 is 0 Å². The van der Waals surface area contributed by atoms with Crippen LogP contribution in [0.3, 0.4) is 0 Å². The Balaban J connectivity index is 1.19. The third-order valence-electron chi connectivity index (χ3n) is 9.08. The number of benzene rings is 7. The van der Waals surface area contributed by atoms with Gasteiger partial charge in [-0.3, -0.25) is 0 Å². The van der Waals surface area contributed by atoms with Gasteiger partial charge >= 0.3 is 0 Å². The summed E-state index contributed by atoms with van der Waals surface area (Å²) in [7, 11) is 0. The van der Waals surface area contributed by atoms with E-state index >= 15 is 0 Å². The van der Waals surface area contributed by atoms with Crippen LogP contribution in [0.5, 0.6) is 0 Å². The predicted octanol–water partition coefficient (Wildman–Crippen LogP) is 13.1. The fourth-order valence-electron chi connectivity index (χ4n) is 6.77. The lowest BCUT2D eigenvalue weighted by Crippen LogP contribution is -2.10. The highest BCUT2D eigenvalue weighted by Gasteiger charge is 2.18. The van der Waals surface area contributed by atoms with Crippen molar-refractivity contribution in [3.8, 4) is 33.5 Å². The van der Waals surface area contributed by atoms with E-state index in [1.54, 1.807) is 11.3 Å². The number of anilines is 3. The summed E-state index contributed by atoms with van der Waals surface area (Å²) in [5.74, 6) is 0. The van der Waals surface area contributed by atoms with Gasteiger partial charge in [0.25, 0.3) is 0 Å². The smallest absolute Gasteiger partial charge is 0.125 e. The minimum atomic E-state index is 1.00. The molecule has 0 unspecified atom stereocenters. The third kappa shape index (κ3) is 5.02. The molecule has 0 aliphatic heterocycles. The Hall–Kier alpha value is -6.03. The third-order valence-corrected chi connectivity index (χ3v) is 10.1. The molecule has 0 bridgehead atoms. The molecule has 2 heterocycles. The van der Waals surface area contributed by atoms with Gasteiger partial charge in [-0.2, -0.15) is 0 Å². The lowest BCUT2D eigenvalue weighted by atomic mass is 9.99. The van der Waals surface area contributed by atoms with Crippen LogP contribution >= 0.6 is 11.3 Å². The van der Waals surface area contributed by atoms with Gasteiger partial charge in [0.15, 0.2) is 0 Å². The zero-order valence-electron chi connectivity index (χ0n) is 26.1. The van der Waals surface area contributed by atoms with Crippen molar-refractivity contribution >= 4 is 59.5 Å². The number of hydrogen-bond donors (Lipinski definition) is 0. The highest BCUT2D eigenvalue weighted by atomic mass is 32.1. The van der Waals surface area contributed by atoms with Crippen LogP contribution in [-0.2, 0) is 0 Å². The molecule has 0 aliphatic rings. The molecule has 3 heteroatoms. The van der Waals surface area contributed by atoms with Crippen LogP contribution in [0.2, 0.25) is 0 Å². The summed E-state index contributed by atoms with van der Waals surface area (Å²) >= 11 is 1.77. The molecule has 0 atom stereocenters. The molecular weight excluding hydrogens is 601 g/mol. The first-order valence-electron chi connectivity index (χ1n) is 16.2. The molecule has 9 aromatic rings. The molecule has 0 spiro atoms. The van der Waals surface area contributed by atoms with E-state index in [0.717, 1.165) is 38.5 Å². The SMILES string of the molecule is c1ccc(-c2ccc(N(c3ccc(-c4ccccc4)cc3)c3cccc(-c4nc5sc6ccccc6c5c5ccccc45)c3)cc2)cc1. The first-order valence-corrected chi connectivity index (χ1v) is 17.0. The number of fused-ring (bicyclic) bond motifs is 5. The molecule has 48 heavy (non-hydrogen) atoms. The minimum Gasteiger partial charge on any atom is -0.310 e. The van der Waals surface area contributed by atoms with Crippen molar-refractivity contribution < 1.29 is 0 Å². The van der Waals surface area contributed by atoms with Crippen molar-refractivity contribution in [2.24, 2.45) is 0 Å². The Morgan fingerprint density at radius 2 is 0.875 bits per heavy atom. The summed E-state index contributed by atoms with van der Waals surface area (Å²) in [5.41, 5.74) is 10.2. The second kappa shape index (κ2) is 12.0. The number of rotatable bonds is 6. The van der Waals surface area contributed by atoms with Gasteiger partial charge in [-0.15, -0.1) is 11.3 Å². The van der Waals surface area contributed by atoms with Crippen molar-refractivity contribution in [1.82, 2.24) is 4.98 Å². The summed E-state index contributed by atoms with van der Waals surface area (Å²) in [5, 5.41) is 4.91. The first-order chi connectivity index (χ1) is 23.8. The normalized spacial score (nSPS) is 11.3. The van der Waals surface area contributed by atoms with Crippen molar-refractivity contribution in [2.45, 2.75) is 0 Å². The van der Waals surface area contributed by atoms with E-state index in [2.05, 4.69) is 187 Å². The molecule has 0 fully saturated rings. The summed E-state index contributed by atoms with van der Waals surface area (Å²) in [6.07, 6.45) is 0. The zero-order valence-corrected chi connectivity index (χ0v) is 26.9. The molecule has 0 N–H and O–H groups in total. The number of thiophene rings is 1. The van der Waals surface area contributed by atoms with Crippen molar-refractivity contribution in [1.29, 1.82) is 0 Å². The number of hydrogen-bond acceptors (Lipinski definition) is 3. The Bertz CT molecular complexity index is 2450. The molecule has 7 aromatic carbocycles. The second-order valence-electron chi connectivity index (χ2n) is 12.0. The predicted molar refractivity (Wildman–Crippen MR) is 206 cm³/mol. The van der Waals surface area contributed by atoms with Gasteiger partial charge in [0.2, 0.25) is 0 Å². The van der Waals surface area contributed by atoms with Gasteiger partial charge in [-0.1, -0.05) is 140 Å². The Kier molecular flexibility index (Phi) is 7.03. The van der Waals surface area contributed by atoms with E-state index in [1.807, 2.05) is 0 Å². The Morgan fingerprint density at radius 3 is 1.50 bits per heavy atom. The summed E-state index contributed by atoms with van der Waals surface area (Å²) in [6, 6.07) is 65.0. The number of aromatic nitrogens is 1. The lowest BCUT2D eigenvalue weighted by Gasteiger charge is -2.26. The summed E-state index contributed by atoms with van der Waals surface area (Å²) in [4.78, 5) is 8.76. The molecule has 9 rings (SSSR count). The first kappa shape index (κ1) is 28.2. The largest absolute Gasteiger partial charge is 0.310 e. The molecule has 2 aromatic heterocycles. The van der Waals surface area contributed by atoms with Crippen LogP contribution in [0.15, 0.2) is 182 Å². The highest BCUT2D eigenvalue weighted by Crippen LogP contribution is 2.42. The molecule has 226 valence electrons. The van der Waals surface area contributed by atoms with Crippen LogP contribution in [0.1, 0.15) is 0 Å². The van der Waals surface area contributed by atoms with E-state index in [-0.39, 0.29) is 0 Å². The highest BCUT2D eigenvalue weighted by molar-refractivity contribution is 7.25. The molecular formula is C45H30N2S. The van der Waals surface area contributed by atoms with E-state index in [1.165, 1.54) is 43.1 Å². The topological polar surface area (TPSA) is 16.1 Å². The molecule has 0 aliphatic carbocycles. The van der Waals surface area contributed by atoms with Crippen molar-refractivity contribution in [3.05, 3.63) is 182 Å². The average molecular weight is 631 g/mol. The van der Waals surface area contributed by atoms with Crippen LogP contribution < -0.4 is 4.90 Å². The van der Waals surface area contributed by atoms with E-state index in [4.69, 9.17) is 4.98 Å². The monoisotopic (exact) mass is 630 g/mol. The lowest BCUT2D eigenvalue weighted by molar-refractivity contribution is 1.28. The Labute approximate surface area is 283 Å². The quantitative estimate of drug-likeness (QED) is 0.182. The zero-order chi connectivity index (χ0) is 31.9. The maximum absolute atomic E-state index is 5.35. The van der Waals surface area contributed by atoms with E-state index in [0.29, 0.717) is 0 Å². The van der Waals surface area contributed by atoms with Gasteiger partial charge in [0.1, 0.15) is 4.83 Å². The Morgan fingerprint density at radius 1 is 0.375 bits per heavy atom. The summed E-state index contributed by atoms with van der Waals surface area (Å²) in [6.45, 7) is 0. The van der Waals surface area contributed by atoms with Crippen molar-refractivity contribution in [2.75, 3.05) is 4.90 Å². The van der Waals surface area contributed by atoms with Crippen LogP contribution in [0.25, 0.3) is 64.6 Å². The molecule has 0 saturated carbocycles. The van der Waals surface area contributed by atoms with Crippen LogP contribution in [-0.4, -0.2) is 4.98 Å². The van der Waals surface area contributed by atoms with Crippen LogP contribution in [0, 0.1) is 0 Å². The second-order valence-corrected chi connectivity index (χ2v) is 13.0. The van der Waals surface area contributed by atoms with Crippen molar-refractivity contribution in [3.63, 3.8) is 0 Å². The van der Waals surface area contributed by atoms with Gasteiger partial charge in [0, 0.05) is 43.5 Å². The van der Waals surface area contributed by atoms with Gasteiger partial charge in [0.05, 0.1) is 5.69 Å². The number of nitrogens with zero attached hydrogens (tertiary/aromatic N) is 2. The van der Waals surface area contributed by atoms with E-state index in [9.17, 15) is 0 Å². The van der Waals surface area contributed by atoms with Gasteiger partial charge in [-0.05, 0) is 70.1 Å². The fraction of sp³-hybridized carbons (Fsp3) is 0. The summed E-state index contributed by atoms with van der Waals surface area (Å²) < 4.78 is 1.26. The van der Waals surface area contributed by atoms with Gasteiger partial charge < -0.3 is 4.90 Å². The molecule has 0 amide bonds. The number of pyridine rings is 1. The average Bonchev–Trinajstić information content (AvgIpc) is 3.55. The molecule has 2 nitrogen and oxygen atoms in total. The minimum absolute atomic E-state index is 1.00. The molecule has 0 saturated heterocycles. The maximum atomic E-state index is 5.35. The fourth-order valence-corrected chi connectivity index (χ4v) is 7.86. The standard InChI is InChI=1S/C45H30N2S/c1-3-12-31(13-4-1)33-22-26-36(27-23-33)47(37-28-24-34(25-29-37)32-14-5-2-6-15-32)38-17-11-16-35(30-38)44-40-19-8-7-18-39(40)43-41-20-9-10-21-42(41)48-45(43)46-44/h1-30H. The molecule has 0 radical (unpaired) electrons. The van der Waals surface area contributed by atoms with Crippen LogP contribution in [0.4, 0.5) is 17.1 Å². The maximum Gasteiger partial charge on any atom is 0.125 e.